The molecule has 1 aliphatic heterocycles. The van der Waals surface area contributed by atoms with Gasteiger partial charge in [0.25, 0.3) is 0 Å². The molecule has 0 aliphatic carbocycles. The Labute approximate surface area is 77.8 Å². The topological polar surface area (TPSA) is 12.0 Å². The Balaban J connectivity index is 1.86. The zero-order valence-electron chi connectivity index (χ0n) is 7.25. The molecule has 2 rings (SSSR count). The summed E-state index contributed by atoms with van der Waals surface area (Å²) in [4.78, 5) is 1.55. The number of hydrogen-bond acceptors (Lipinski definition) is 2. The van der Waals surface area contributed by atoms with Gasteiger partial charge in [0.2, 0.25) is 0 Å². The predicted molar refractivity (Wildman–Crippen MR) is 53.6 cm³/mol. The number of thiophene rings is 1. The van der Waals surface area contributed by atoms with Gasteiger partial charge in [-0.25, -0.2) is 0 Å². The van der Waals surface area contributed by atoms with E-state index in [1.807, 2.05) is 11.3 Å². The van der Waals surface area contributed by atoms with Crippen molar-refractivity contribution in [2.24, 2.45) is 5.92 Å². The largest absolute Gasteiger partial charge is 0.316 e. The van der Waals surface area contributed by atoms with Crippen LogP contribution in [-0.4, -0.2) is 13.1 Å². The van der Waals surface area contributed by atoms with Crippen molar-refractivity contribution in [1.29, 1.82) is 0 Å². The van der Waals surface area contributed by atoms with Gasteiger partial charge in [0.05, 0.1) is 0 Å². The van der Waals surface area contributed by atoms with E-state index in [1.54, 1.807) is 4.88 Å². The summed E-state index contributed by atoms with van der Waals surface area (Å²) in [7, 11) is 0. The molecule has 1 unspecified atom stereocenters. The maximum atomic E-state index is 3.45. The third kappa shape index (κ3) is 2.08. The lowest BCUT2D eigenvalue weighted by molar-refractivity contribution is 0.378. The molecule has 0 radical (unpaired) electrons. The molecule has 0 saturated carbocycles. The summed E-state index contributed by atoms with van der Waals surface area (Å²) in [5.41, 5.74) is 0. The first-order chi connectivity index (χ1) is 5.95. The van der Waals surface area contributed by atoms with E-state index in [0.29, 0.717) is 0 Å². The smallest absolute Gasteiger partial charge is 0.00484 e. The molecule has 1 aliphatic rings. The molecule has 1 fully saturated rings. The van der Waals surface area contributed by atoms with Gasteiger partial charge in [0, 0.05) is 4.88 Å². The van der Waals surface area contributed by atoms with Crippen LogP contribution in [0.25, 0.3) is 0 Å². The van der Waals surface area contributed by atoms with Gasteiger partial charge in [0.15, 0.2) is 0 Å². The molecule has 2 heteroatoms. The fourth-order valence-electron chi connectivity index (χ4n) is 1.81. The summed E-state index contributed by atoms with van der Waals surface area (Å²) in [5, 5.41) is 5.62. The molecule has 2 heterocycles. The zero-order valence-corrected chi connectivity index (χ0v) is 8.07. The molecule has 0 bridgehead atoms. The van der Waals surface area contributed by atoms with Crippen LogP contribution in [0, 0.1) is 5.92 Å². The molecular weight excluding hydrogens is 166 g/mol. The van der Waals surface area contributed by atoms with E-state index in [-0.39, 0.29) is 0 Å². The van der Waals surface area contributed by atoms with Crippen LogP contribution in [0.15, 0.2) is 17.5 Å². The Morgan fingerprint density at radius 3 is 3.25 bits per heavy atom. The molecule has 1 aromatic heterocycles. The Bertz CT molecular complexity index is 212. The average Bonchev–Trinajstić information content (AvgIpc) is 2.59. The summed E-state index contributed by atoms with van der Waals surface area (Å²) in [6.45, 7) is 2.44. The summed E-state index contributed by atoms with van der Waals surface area (Å²) in [6, 6.07) is 4.40. The quantitative estimate of drug-likeness (QED) is 0.738. The third-order valence-electron chi connectivity index (χ3n) is 2.47. The number of rotatable bonds is 2. The first-order valence-corrected chi connectivity index (χ1v) is 5.56. The van der Waals surface area contributed by atoms with E-state index in [1.165, 1.54) is 32.4 Å². The number of hydrogen-bond donors (Lipinski definition) is 1. The number of piperidine rings is 1. The first kappa shape index (κ1) is 8.27. The summed E-state index contributed by atoms with van der Waals surface area (Å²) in [6.07, 6.45) is 4.05. The lowest BCUT2D eigenvalue weighted by Crippen LogP contribution is -2.30. The average molecular weight is 181 g/mol. The van der Waals surface area contributed by atoms with Gasteiger partial charge >= 0.3 is 0 Å². The Kier molecular flexibility index (Phi) is 2.79. The van der Waals surface area contributed by atoms with E-state index >= 15 is 0 Å². The van der Waals surface area contributed by atoms with Gasteiger partial charge in [0.1, 0.15) is 0 Å². The lowest BCUT2D eigenvalue weighted by atomic mass is 9.96. The standard InChI is InChI=1S/C10H15NS/c1-3-9(8-11-5-1)7-10-4-2-6-12-10/h2,4,6,9,11H,1,3,5,7-8H2. The Morgan fingerprint density at radius 2 is 2.58 bits per heavy atom. The van der Waals surface area contributed by atoms with Crippen LogP contribution in [-0.2, 0) is 6.42 Å². The van der Waals surface area contributed by atoms with E-state index in [9.17, 15) is 0 Å². The SMILES string of the molecule is c1csc(CC2CCCNC2)c1. The minimum absolute atomic E-state index is 0.886. The van der Waals surface area contributed by atoms with Gasteiger partial charge in [-0.3, -0.25) is 0 Å². The van der Waals surface area contributed by atoms with Crippen LogP contribution in [0.4, 0.5) is 0 Å². The van der Waals surface area contributed by atoms with Crippen molar-refractivity contribution in [2.75, 3.05) is 13.1 Å². The van der Waals surface area contributed by atoms with Gasteiger partial charge < -0.3 is 5.32 Å². The van der Waals surface area contributed by atoms with Crippen LogP contribution in [0.2, 0.25) is 0 Å². The monoisotopic (exact) mass is 181 g/mol. The fourth-order valence-corrected chi connectivity index (χ4v) is 2.63. The van der Waals surface area contributed by atoms with E-state index < -0.39 is 0 Å². The van der Waals surface area contributed by atoms with Gasteiger partial charge in [-0.1, -0.05) is 6.07 Å². The minimum Gasteiger partial charge on any atom is -0.316 e. The molecule has 0 aromatic carbocycles. The molecule has 12 heavy (non-hydrogen) atoms. The molecule has 1 nitrogen and oxygen atoms in total. The second-order valence-corrected chi connectivity index (χ2v) is 4.53. The van der Waals surface area contributed by atoms with Crippen molar-refractivity contribution in [1.82, 2.24) is 5.32 Å². The normalized spacial score (nSPS) is 24.2. The number of nitrogens with one attached hydrogen (secondary N) is 1. The van der Waals surface area contributed by atoms with Crippen LogP contribution >= 0.6 is 11.3 Å². The maximum Gasteiger partial charge on any atom is 0.00484 e. The van der Waals surface area contributed by atoms with Crippen LogP contribution in [0.1, 0.15) is 17.7 Å². The second kappa shape index (κ2) is 4.06. The molecule has 66 valence electrons. The van der Waals surface area contributed by atoms with Crippen molar-refractivity contribution < 1.29 is 0 Å². The Hall–Kier alpha value is -0.340. The van der Waals surface area contributed by atoms with E-state index in [0.717, 1.165) is 5.92 Å². The highest BCUT2D eigenvalue weighted by atomic mass is 32.1. The van der Waals surface area contributed by atoms with Crippen molar-refractivity contribution in [3.63, 3.8) is 0 Å². The first-order valence-electron chi connectivity index (χ1n) is 4.68. The molecule has 1 saturated heterocycles. The van der Waals surface area contributed by atoms with Crippen LogP contribution in [0.3, 0.4) is 0 Å². The van der Waals surface area contributed by atoms with Crippen LogP contribution < -0.4 is 5.32 Å². The fraction of sp³-hybridized carbons (Fsp3) is 0.600. The highest BCUT2D eigenvalue weighted by Gasteiger charge is 2.13. The zero-order chi connectivity index (χ0) is 8.23. The van der Waals surface area contributed by atoms with Gasteiger partial charge in [-0.05, 0) is 49.7 Å². The maximum absolute atomic E-state index is 3.45. The molecule has 1 aromatic rings. The molecule has 1 N–H and O–H groups in total. The van der Waals surface area contributed by atoms with Crippen molar-refractivity contribution >= 4 is 11.3 Å². The predicted octanol–water partition coefficient (Wildman–Crippen LogP) is 2.29. The minimum atomic E-state index is 0.886. The van der Waals surface area contributed by atoms with E-state index in [2.05, 4.69) is 22.8 Å². The van der Waals surface area contributed by atoms with Gasteiger partial charge in [-0.2, -0.15) is 0 Å². The van der Waals surface area contributed by atoms with Gasteiger partial charge in [-0.15, -0.1) is 11.3 Å². The summed E-state index contributed by atoms with van der Waals surface area (Å²) in [5.74, 6) is 0.886. The lowest BCUT2D eigenvalue weighted by Gasteiger charge is -2.21. The molecule has 0 amide bonds. The van der Waals surface area contributed by atoms with E-state index in [4.69, 9.17) is 0 Å². The van der Waals surface area contributed by atoms with Crippen molar-refractivity contribution in [3.8, 4) is 0 Å². The summed E-state index contributed by atoms with van der Waals surface area (Å²) < 4.78 is 0. The molecule has 1 atom stereocenters. The Morgan fingerprint density at radius 1 is 1.58 bits per heavy atom. The highest BCUT2D eigenvalue weighted by Crippen LogP contribution is 2.19. The van der Waals surface area contributed by atoms with Crippen molar-refractivity contribution in [3.05, 3.63) is 22.4 Å². The summed E-state index contributed by atoms with van der Waals surface area (Å²) >= 11 is 1.89. The van der Waals surface area contributed by atoms with Crippen molar-refractivity contribution in [2.45, 2.75) is 19.3 Å². The van der Waals surface area contributed by atoms with Crippen LogP contribution in [0.5, 0.6) is 0 Å². The highest BCUT2D eigenvalue weighted by molar-refractivity contribution is 7.09. The second-order valence-electron chi connectivity index (χ2n) is 3.50. The molecule has 0 spiro atoms. The third-order valence-corrected chi connectivity index (χ3v) is 3.37. The molecular formula is C10H15NS.